The predicted octanol–water partition coefficient (Wildman–Crippen LogP) is 4.12. The molecule has 0 amide bonds. The molecule has 0 fully saturated rings. The molecule has 0 saturated heterocycles. The Morgan fingerprint density at radius 3 is 2.80 bits per heavy atom. The summed E-state index contributed by atoms with van der Waals surface area (Å²) in [6.45, 7) is 3.31. The molecule has 0 unspecified atom stereocenters. The van der Waals surface area contributed by atoms with E-state index in [0.29, 0.717) is 18.7 Å². The zero-order chi connectivity index (χ0) is 14.4. The number of hydrogen-bond acceptors (Lipinski definition) is 3. The van der Waals surface area contributed by atoms with Gasteiger partial charge in [0.15, 0.2) is 0 Å². The fourth-order valence-corrected chi connectivity index (χ4v) is 2.31. The highest BCUT2D eigenvalue weighted by Gasteiger charge is 2.01. The molecule has 3 nitrogen and oxygen atoms in total. The van der Waals surface area contributed by atoms with Gasteiger partial charge in [0.1, 0.15) is 12.4 Å². The maximum atomic E-state index is 8.80. The van der Waals surface area contributed by atoms with E-state index < -0.39 is 0 Å². The van der Waals surface area contributed by atoms with Crippen LogP contribution >= 0.6 is 15.9 Å². The van der Waals surface area contributed by atoms with Gasteiger partial charge >= 0.3 is 0 Å². The summed E-state index contributed by atoms with van der Waals surface area (Å²) in [7, 11) is 0. The zero-order valence-corrected chi connectivity index (χ0v) is 12.8. The Kier molecular flexibility index (Phi) is 5.03. The van der Waals surface area contributed by atoms with Crippen molar-refractivity contribution in [2.75, 3.05) is 18.5 Å². The fourth-order valence-electron chi connectivity index (χ4n) is 1.79. The lowest BCUT2D eigenvalue weighted by molar-refractivity contribution is 0.332. The highest BCUT2D eigenvalue weighted by Crippen LogP contribution is 2.23. The molecule has 0 atom stereocenters. The van der Waals surface area contributed by atoms with Gasteiger partial charge in [0.05, 0.1) is 11.6 Å². The average Bonchev–Trinajstić information content (AvgIpc) is 2.45. The van der Waals surface area contributed by atoms with Crippen LogP contribution in [0.15, 0.2) is 46.9 Å². The third kappa shape index (κ3) is 4.01. The first-order valence-corrected chi connectivity index (χ1v) is 7.11. The Balaban J connectivity index is 1.83. The number of hydrogen-bond donors (Lipinski definition) is 1. The summed E-state index contributed by atoms with van der Waals surface area (Å²) in [6, 6.07) is 15.6. The van der Waals surface area contributed by atoms with Gasteiger partial charge in [-0.05, 0) is 58.7 Å². The maximum absolute atomic E-state index is 8.80. The largest absolute Gasteiger partial charge is 0.492 e. The second kappa shape index (κ2) is 6.97. The van der Waals surface area contributed by atoms with Crippen molar-refractivity contribution < 1.29 is 4.74 Å². The number of aryl methyl sites for hydroxylation is 1. The summed E-state index contributed by atoms with van der Waals surface area (Å²) in [4.78, 5) is 0. The number of benzene rings is 2. The van der Waals surface area contributed by atoms with Gasteiger partial charge in [0.2, 0.25) is 0 Å². The summed E-state index contributed by atoms with van der Waals surface area (Å²) >= 11 is 3.44. The van der Waals surface area contributed by atoms with E-state index in [1.54, 1.807) is 12.1 Å². The molecule has 4 heteroatoms. The fraction of sp³-hybridized carbons (Fsp3) is 0.188. The molecule has 0 radical (unpaired) electrons. The first-order chi connectivity index (χ1) is 9.69. The van der Waals surface area contributed by atoms with E-state index in [4.69, 9.17) is 10.00 Å². The van der Waals surface area contributed by atoms with Gasteiger partial charge in [-0.25, -0.2) is 0 Å². The van der Waals surface area contributed by atoms with Crippen molar-refractivity contribution in [1.29, 1.82) is 5.26 Å². The van der Waals surface area contributed by atoms with Crippen LogP contribution in [0.3, 0.4) is 0 Å². The van der Waals surface area contributed by atoms with Gasteiger partial charge in [-0.15, -0.1) is 0 Å². The lowest BCUT2D eigenvalue weighted by atomic mass is 10.2. The Bertz CT molecular complexity index is 635. The monoisotopic (exact) mass is 330 g/mol. The molecule has 0 aliphatic heterocycles. The molecule has 0 spiro atoms. The molecule has 20 heavy (non-hydrogen) atoms. The molecular weight excluding hydrogens is 316 g/mol. The molecule has 2 aromatic carbocycles. The molecule has 0 aromatic heterocycles. The van der Waals surface area contributed by atoms with E-state index in [1.165, 1.54) is 5.56 Å². The van der Waals surface area contributed by atoms with E-state index >= 15 is 0 Å². The lowest BCUT2D eigenvalue weighted by Gasteiger charge is -2.10. The Hall–Kier alpha value is -1.99. The molecule has 0 aliphatic rings. The second-order valence-electron chi connectivity index (χ2n) is 4.40. The molecular formula is C16H15BrN2O. The Labute approximate surface area is 127 Å². The van der Waals surface area contributed by atoms with Crippen LogP contribution in [0.5, 0.6) is 5.75 Å². The molecule has 0 saturated carbocycles. The van der Waals surface area contributed by atoms with Gasteiger partial charge in [-0.2, -0.15) is 5.26 Å². The average molecular weight is 331 g/mol. The lowest BCUT2D eigenvalue weighted by Crippen LogP contribution is -2.11. The number of nitrogens with one attached hydrogen (secondary N) is 1. The molecule has 1 N–H and O–H groups in total. The number of nitriles is 1. The maximum Gasteiger partial charge on any atom is 0.119 e. The number of nitrogens with zero attached hydrogens (tertiary/aromatic N) is 1. The smallest absolute Gasteiger partial charge is 0.119 e. The number of ether oxygens (including phenoxy) is 1. The van der Waals surface area contributed by atoms with Gasteiger partial charge in [-0.3, -0.25) is 0 Å². The van der Waals surface area contributed by atoms with Crippen LogP contribution in [0, 0.1) is 18.3 Å². The first-order valence-electron chi connectivity index (χ1n) is 6.32. The summed E-state index contributed by atoms with van der Waals surface area (Å²) in [5, 5.41) is 12.1. The van der Waals surface area contributed by atoms with Crippen molar-refractivity contribution in [2.45, 2.75) is 6.92 Å². The van der Waals surface area contributed by atoms with Gasteiger partial charge in [0.25, 0.3) is 0 Å². The number of rotatable bonds is 5. The normalized spacial score (nSPS) is 9.85. The van der Waals surface area contributed by atoms with Crippen LogP contribution in [0.1, 0.15) is 11.1 Å². The summed E-state index contributed by atoms with van der Waals surface area (Å²) in [5.74, 6) is 0.880. The van der Waals surface area contributed by atoms with Gasteiger partial charge < -0.3 is 10.1 Å². The Morgan fingerprint density at radius 2 is 2.10 bits per heavy atom. The quantitative estimate of drug-likeness (QED) is 0.838. The van der Waals surface area contributed by atoms with E-state index in [9.17, 15) is 0 Å². The molecule has 0 heterocycles. The SMILES string of the molecule is Cc1cccc(OCCNc2ccc(C#N)cc2Br)c1. The van der Waals surface area contributed by atoms with Crippen LogP contribution in [-0.4, -0.2) is 13.2 Å². The standard InChI is InChI=1S/C16H15BrN2O/c1-12-3-2-4-14(9-12)20-8-7-19-16-6-5-13(11-18)10-15(16)17/h2-6,9-10,19H,7-8H2,1H3. The molecule has 0 aliphatic carbocycles. The molecule has 102 valence electrons. The van der Waals surface area contributed by atoms with Crippen LogP contribution < -0.4 is 10.1 Å². The molecule has 2 rings (SSSR count). The van der Waals surface area contributed by atoms with Crippen LogP contribution in [0.4, 0.5) is 5.69 Å². The third-order valence-corrected chi connectivity index (χ3v) is 3.43. The van der Waals surface area contributed by atoms with E-state index in [2.05, 4.69) is 27.3 Å². The predicted molar refractivity (Wildman–Crippen MR) is 84.0 cm³/mol. The highest BCUT2D eigenvalue weighted by molar-refractivity contribution is 9.10. The Morgan fingerprint density at radius 1 is 1.25 bits per heavy atom. The summed E-state index contributed by atoms with van der Waals surface area (Å²) in [5.41, 5.74) is 2.78. The van der Waals surface area contributed by atoms with Crippen molar-refractivity contribution in [1.82, 2.24) is 0 Å². The minimum Gasteiger partial charge on any atom is -0.492 e. The molecule has 2 aromatic rings. The van der Waals surface area contributed by atoms with E-state index in [1.807, 2.05) is 37.3 Å². The first kappa shape index (κ1) is 14.4. The summed E-state index contributed by atoms with van der Waals surface area (Å²) in [6.07, 6.45) is 0. The minimum absolute atomic E-state index is 0.579. The van der Waals surface area contributed by atoms with Crippen LogP contribution in [-0.2, 0) is 0 Å². The van der Waals surface area contributed by atoms with E-state index in [-0.39, 0.29) is 0 Å². The van der Waals surface area contributed by atoms with Crippen molar-refractivity contribution in [3.8, 4) is 11.8 Å². The van der Waals surface area contributed by atoms with Crippen molar-refractivity contribution >= 4 is 21.6 Å². The second-order valence-corrected chi connectivity index (χ2v) is 5.25. The third-order valence-electron chi connectivity index (χ3n) is 2.77. The zero-order valence-electron chi connectivity index (χ0n) is 11.2. The van der Waals surface area contributed by atoms with Crippen LogP contribution in [0.25, 0.3) is 0 Å². The summed E-state index contributed by atoms with van der Waals surface area (Å²) < 4.78 is 6.54. The van der Waals surface area contributed by atoms with Crippen molar-refractivity contribution in [2.24, 2.45) is 0 Å². The number of halogens is 1. The van der Waals surface area contributed by atoms with Crippen molar-refractivity contribution in [3.63, 3.8) is 0 Å². The van der Waals surface area contributed by atoms with Gasteiger partial charge in [0, 0.05) is 16.7 Å². The topological polar surface area (TPSA) is 45.0 Å². The van der Waals surface area contributed by atoms with E-state index in [0.717, 1.165) is 15.9 Å². The highest BCUT2D eigenvalue weighted by atomic mass is 79.9. The van der Waals surface area contributed by atoms with Gasteiger partial charge in [-0.1, -0.05) is 12.1 Å². The van der Waals surface area contributed by atoms with Crippen molar-refractivity contribution in [3.05, 3.63) is 58.1 Å². The van der Waals surface area contributed by atoms with Crippen LogP contribution in [0.2, 0.25) is 0 Å². The minimum atomic E-state index is 0.579. The molecule has 0 bridgehead atoms. The number of anilines is 1.